The fraction of sp³-hybridized carbons (Fsp3) is 0.360. The zero-order chi connectivity index (χ0) is 24.3. The number of piperidine rings is 1. The molecule has 34 heavy (non-hydrogen) atoms. The van der Waals surface area contributed by atoms with Crippen LogP contribution in [0.15, 0.2) is 50.4 Å². The van der Waals surface area contributed by atoms with Gasteiger partial charge in [-0.05, 0) is 62.9 Å². The number of carbonyl (C=O) groups is 1. The van der Waals surface area contributed by atoms with Gasteiger partial charge in [0.1, 0.15) is 11.5 Å². The summed E-state index contributed by atoms with van der Waals surface area (Å²) in [4.78, 5) is 12.7. The van der Waals surface area contributed by atoms with Crippen LogP contribution in [0.5, 0.6) is 0 Å². The van der Waals surface area contributed by atoms with Crippen molar-refractivity contribution in [2.24, 2.45) is 5.92 Å². The highest BCUT2D eigenvalue weighted by Gasteiger charge is 2.36. The van der Waals surface area contributed by atoms with E-state index in [0.717, 1.165) is 16.7 Å². The summed E-state index contributed by atoms with van der Waals surface area (Å²) in [5, 5.41) is 6.76. The summed E-state index contributed by atoms with van der Waals surface area (Å²) >= 11 is 0. The van der Waals surface area contributed by atoms with E-state index >= 15 is 0 Å². The van der Waals surface area contributed by atoms with E-state index in [-0.39, 0.29) is 29.7 Å². The van der Waals surface area contributed by atoms with Gasteiger partial charge in [-0.3, -0.25) is 4.79 Å². The van der Waals surface area contributed by atoms with Crippen LogP contribution in [-0.2, 0) is 21.4 Å². The first-order valence-electron chi connectivity index (χ1n) is 11.3. The van der Waals surface area contributed by atoms with Crippen LogP contribution in [0.2, 0.25) is 0 Å². The fourth-order valence-corrected chi connectivity index (χ4v) is 5.91. The van der Waals surface area contributed by atoms with Gasteiger partial charge < -0.3 is 14.3 Å². The molecule has 0 aliphatic carbocycles. The highest BCUT2D eigenvalue weighted by atomic mass is 32.2. The van der Waals surface area contributed by atoms with Crippen molar-refractivity contribution in [1.82, 2.24) is 14.8 Å². The van der Waals surface area contributed by atoms with E-state index in [1.165, 1.54) is 4.31 Å². The highest BCUT2D eigenvalue weighted by molar-refractivity contribution is 7.89. The second-order valence-electron chi connectivity index (χ2n) is 8.65. The Labute approximate surface area is 199 Å². The van der Waals surface area contributed by atoms with Crippen LogP contribution in [0.25, 0.3) is 12.2 Å². The van der Waals surface area contributed by atoms with Gasteiger partial charge in [-0.25, -0.2) is 8.42 Å². The van der Waals surface area contributed by atoms with Gasteiger partial charge in [-0.1, -0.05) is 35.0 Å². The van der Waals surface area contributed by atoms with Gasteiger partial charge in [0.15, 0.2) is 10.7 Å². The first-order valence-corrected chi connectivity index (χ1v) is 12.7. The lowest BCUT2D eigenvalue weighted by atomic mass is 9.99. The molecule has 1 aliphatic rings. The number of amides is 1. The van der Waals surface area contributed by atoms with Gasteiger partial charge in [0.05, 0.1) is 18.7 Å². The number of rotatable bonds is 7. The molecule has 3 heterocycles. The Balaban J connectivity index is 1.52. The minimum atomic E-state index is -3.90. The van der Waals surface area contributed by atoms with E-state index in [4.69, 9.17) is 8.94 Å². The monoisotopic (exact) mass is 483 g/mol. The number of aromatic nitrogens is 1. The summed E-state index contributed by atoms with van der Waals surface area (Å²) in [7, 11) is -3.90. The molecule has 1 aromatic carbocycles. The fourth-order valence-electron chi connectivity index (χ4n) is 4.14. The lowest BCUT2D eigenvalue weighted by Gasteiger charge is -2.31. The minimum Gasteiger partial charge on any atom is -0.467 e. The molecule has 180 valence electrons. The molecule has 1 atom stereocenters. The Kier molecular flexibility index (Phi) is 7.04. The third-order valence-electron chi connectivity index (χ3n) is 6.05. The molecular formula is C25H29N3O5S. The van der Waals surface area contributed by atoms with Crippen molar-refractivity contribution in [1.29, 1.82) is 0 Å². The quantitative estimate of drug-likeness (QED) is 0.543. The standard InChI is InChI=1S/C25H29N3O5S/c1-17-8-9-18(2)20(14-17)10-11-23-24(19(3)27-33-23)34(30,31)28-12-4-6-21(16-28)25(29)26-15-22-7-5-13-32-22/h5,7-11,13-14,21H,4,6,12,15-16H2,1-3H3,(H,26,29)/b11-10+. The van der Waals surface area contributed by atoms with Crippen LogP contribution in [-0.4, -0.2) is 36.9 Å². The molecule has 1 unspecified atom stereocenters. The molecule has 1 N–H and O–H groups in total. The van der Waals surface area contributed by atoms with Gasteiger partial charge in [0, 0.05) is 13.1 Å². The van der Waals surface area contributed by atoms with Gasteiger partial charge in [0.25, 0.3) is 0 Å². The third-order valence-corrected chi connectivity index (χ3v) is 8.08. The highest BCUT2D eigenvalue weighted by Crippen LogP contribution is 2.29. The van der Waals surface area contributed by atoms with Gasteiger partial charge in [0.2, 0.25) is 15.9 Å². The van der Waals surface area contributed by atoms with Crippen LogP contribution in [0, 0.1) is 26.7 Å². The molecule has 0 bridgehead atoms. The number of nitrogens with zero attached hydrogens (tertiary/aromatic N) is 2. The normalized spacial score (nSPS) is 17.3. The summed E-state index contributed by atoms with van der Waals surface area (Å²) in [6.45, 7) is 6.33. The predicted octanol–water partition coefficient (Wildman–Crippen LogP) is 4.08. The second-order valence-corrected chi connectivity index (χ2v) is 10.5. The largest absolute Gasteiger partial charge is 0.467 e. The summed E-state index contributed by atoms with van der Waals surface area (Å²) in [5.74, 6) is 0.206. The van der Waals surface area contributed by atoms with Crippen molar-refractivity contribution in [2.75, 3.05) is 13.1 Å². The third kappa shape index (κ3) is 5.15. The van der Waals surface area contributed by atoms with Gasteiger partial charge in [-0.2, -0.15) is 4.31 Å². The van der Waals surface area contributed by atoms with E-state index in [1.807, 2.05) is 38.1 Å². The Morgan fingerprint density at radius 3 is 2.82 bits per heavy atom. The van der Waals surface area contributed by atoms with Crippen LogP contribution in [0.4, 0.5) is 0 Å². The molecule has 9 heteroatoms. The van der Waals surface area contributed by atoms with Gasteiger partial charge >= 0.3 is 0 Å². The van der Waals surface area contributed by atoms with Crippen LogP contribution in [0.3, 0.4) is 0 Å². The Morgan fingerprint density at radius 2 is 2.06 bits per heavy atom. The number of hydrogen-bond acceptors (Lipinski definition) is 6. The summed E-state index contributed by atoms with van der Waals surface area (Å²) < 4.78 is 39.2. The molecule has 3 aromatic rings. The van der Waals surface area contributed by atoms with Crippen molar-refractivity contribution < 1.29 is 22.2 Å². The average molecular weight is 484 g/mol. The van der Waals surface area contributed by atoms with Crippen molar-refractivity contribution >= 4 is 28.1 Å². The molecule has 1 fully saturated rings. The molecular weight excluding hydrogens is 454 g/mol. The molecule has 0 saturated carbocycles. The summed E-state index contributed by atoms with van der Waals surface area (Å²) in [6.07, 6.45) is 6.24. The number of hydrogen-bond donors (Lipinski definition) is 1. The molecule has 0 radical (unpaired) electrons. The van der Waals surface area contributed by atoms with Crippen LogP contribution < -0.4 is 5.32 Å². The van der Waals surface area contributed by atoms with Crippen molar-refractivity contribution in [2.45, 2.75) is 45.1 Å². The van der Waals surface area contributed by atoms with Gasteiger partial charge in [-0.15, -0.1) is 0 Å². The number of nitrogens with one attached hydrogen (secondary N) is 1. The molecule has 1 amide bonds. The van der Waals surface area contributed by atoms with E-state index in [1.54, 1.807) is 31.4 Å². The number of carbonyl (C=O) groups excluding carboxylic acids is 1. The maximum Gasteiger partial charge on any atom is 0.248 e. The number of aryl methyl sites for hydroxylation is 3. The number of sulfonamides is 1. The first-order chi connectivity index (χ1) is 16.3. The lowest BCUT2D eigenvalue weighted by Crippen LogP contribution is -2.45. The molecule has 0 spiro atoms. The molecule has 1 saturated heterocycles. The lowest BCUT2D eigenvalue weighted by molar-refractivity contribution is -0.126. The first kappa shape index (κ1) is 24.0. The molecule has 2 aromatic heterocycles. The molecule has 8 nitrogen and oxygen atoms in total. The van der Waals surface area contributed by atoms with Crippen molar-refractivity contribution in [3.63, 3.8) is 0 Å². The molecule has 4 rings (SSSR count). The minimum absolute atomic E-state index is 0.0469. The average Bonchev–Trinajstić information content (AvgIpc) is 3.48. The van der Waals surface area contributed by atoms with Crippen LogP contribution >= 0.6 is 0 Å². The predicted molar refractivity (Wildman–Crippen MR) is 128 cm³/mol. The Hall–Kier alpha value is -3.17. The topological polar surface area (TPSA) is 106 Å². The number of benzene rings is 1. The van der Waals surface area contributed by atoms with Crippen molar-refractivity contribution in [3.8, 4) is 0 Å². The molecule has 1 aliphatic heterocycles. The maximum atomic E-state index is 13.6. The Bertz CT molecular complexity index is 1290. The number of furan rings is 1. The smallest absolute Gasteiger partial charge is 0.248 e. The second kappa shape index (κ2) is 9.99. The van der Waals surface area contributed by atoms with Crippen molar-refractivity contribution in [3.05, 3.63) is 70.5 Å². The zero-order valence-corrected chi connectivity index (χ0v) is 20.4. The summed E-state index contributed by atoms with van der Waals surface area (Å²) in [5.41, 5.74) is 3.45. The van der Waals surface area contributed by atoms with E-state index in [0.29, 0.717) is 30.8 Å². The Morgan fingerprint density at radius 1 is 1.24 bits per heavy atom. The van der Waals surface area contributed by atoms with E-state index in [2.05, 4.69) is 10.5 Å². The SMILES string of the molecule is Cc1ccc(C)c(/C=C/c2onc(C)c2S(=O)(=O)N2CCCC(C(=O)NCc3ccco3)C2)c1. The summed E-state index contributed by atoms with van der Waals surface area (Å²) in [6, 6.07) is 9.60. The van der Waals surface area contributed by atoms with E-state index < -0.39 is 15.9 Å². The zero-order valence-electron chi connectivity index (χ0n) is 19.6. The van der Waals surface area contributed by atoms with Crippen LogP contribution in [0.1, 0.15) is 46.7 Å². The van der Waals surface area contributed by atoms with E-state index in [9.17, 15) is 13.2 Å². The maximum absolute atomic E-state index is 13.6.